The van der Waals surface area contributed by atoms with Gasteiger partial charge in [0.2, 0.25) is 5.91 Å². The fourth-order valence-corrected chi connectivity index (χ4v) is 6.37. The minimum Gasteiger partial charge on any atom is -0.443 e. The van der Waals surface area contributed by atoms with Gasteiger partial charge in [0.1, 0.15) is 23.4 Å². The van der Waals surface area contributed by atoms with Gasteiger partial charge in [-0.1, -0.05) is 11.6 Å². The maximum Gasteiger partial charge on any atom is 0.410 e. The van der Waals surface area contributed by atoms with Gasteiger partial charge in [0.25, 0.3) is 0 Å². The second kappa shape index (κ2) is 7.18. The third kappa shape index (κ3) is 3.47. The molecule has 5 aliphatic rings. The van der Waals surface area contributed by atoms with Crippen LogP contribution in [0, 0.1) is 23.7 Å². The predicted octanol–water partition coefficient (Wildman–Crippen LogP) is 1.86. The summed E-state index contributed by atoms with van der Waals surface area (Å²) >= 11 is 0. The van der Waals surface area contributed by atoms with Crippen molar-refractivity contribution in [2.75, 3.05) is 26.8 Å². The molecule has 2 saturated carbocycles. The summed E-state index contributed by atoms with van der Waals surface area (Å²) in [5.74, 6) is 0.0673. The first-order chi connectivity index (χ1) is 14.7. The maximum atomic E-state index is 12.9. The zero-order valence-electron chi connectivity index (χ0n) is 18.8. The molecule has 172 valence electrons. The molecule has 0 aromatic heterocycles. The molecule has 2 aliphatic carbocycles. The number of hydrogen-bond acceptors (Lipinski definition) is 6. The van der Waals surface area contributed by atoms with Crippen molar-refractivity contribution in [2.45, 2.75) is 69.5 Å². The number of allylic oxidation sites excluding steroid dienone is 1. The molecule has 1 spiro atoms. The standard InChI is InChI=1S/C23H34N2O6/c1-12(2)5-6-16-22(3,31-16)19-18(28-4)15(7-8-23(19)11-29-23)30-21(27)25-9-13-14(10-25)17(13)20(24)26/h5,13-19H,6-11H2,1-4H3,(H2,24,26)/t13-,14+,15-,16-,17?,18-,19-,22+,23+/m1/s1. The van der Waals surface area contributed by atoms with Crippen LogP contribution in [0.2, 0.25) is 0 Å². The third-order valence-electron chi connectivity index (χ3n) is 8.27. The van der Waals surface area contributed by atoms with E-state index in [1.54, 1.807) is 12.0 Å². The van der Waals surface area contributed by atoms with E-state index >= 15 is 0 Å². The van der Waals surface area contributed by atoms with E-state index < -0.39 is 0 Å². The van der Waals surface area contributed by atoms with Gasteiger partial charge in [0.15, 0.2) is 0 Å². The highest BCUT2D eigenvalue weighted by Gasteiger charge is 2.72. The van der Waals surface area contributed by atoms with Crippen LogP contribution in [-0.2, 0) is 23.7 Å². The molecule has 1 unspecified atom stereocenters. The van der Waals surface area contributed by atoms with Crippen molar-refractivity contribution in [1.82, 2.24) is 4.90 Å². The van der Waals surface area contributed by atoms with Crippen LogP contribution in [0.3, 0.4) is 0 Å². The summed E-state index contributed by atoms with van der Waals surface area (Å²) in [6.07, 6.45) is 3.79. The molecule has 3 aliphatic heterocycles. The summed E-state index contributed by atoms with van der Waals surface area (Å²) in [6.45, 7) is 8.11. The molecule has 8 nitrogen and oxygen atoms in total. The second-order valence-electron chi connectivity index (χ2n) is 10.5. The molecular weight excluding hydrogens is 400 g/mol. The molecule has 31 heavy (non-hydrogen) atoms. The Morgan fingerprint density at radius 2 is 1.94 bits per heavy atom. The van der Waals surface area contributed by atoms with Gasteiger partial charge in [-0.2, -0.15) is 0 Å². The summed E-state index contributed by atoms with van der Waals surface area (Å²) < 4.78 is 24.1. The summed E-state index contributed by atoms with van der Waals surface area (Å²) in [6, 6.07) is 0. The average Bonchev–Trinajstić information content (AvgIpc) is 3.67. The molecule has 5 fully saturated rings. The van der Waals surface area contributed by atoms with Crippen molar-refractivity contribution in [3.8, 4) is 0 Å². The first kappa shape index (κ1) is 21.2. The highest BCUT2D eigenvalue weighted by atomic mass is 16.6. The Morgan fingerprint density at radius 1 is 1.26 bits per heavy atom. The van der Waals surface area contributed by atoms with Crippen LogP contribution in [0.15, 0.2) is 11.6 Å². The number of ether oxygens (including phenoxy) is 4. The molecule has 9 atom stereocenters. The van der Waals surface area contributed by atoms with E-state index in [1.165, 1.54) is 5.57 Å². The highest BCUT2D eigenvalue weighted by Crippen LogP contribution is 2.60. The minimum absolute atomic E-state index is 0.0123. The van der Waals surface area contributed by atoms with Crippen LogP contribution in [-0.4, -0.2) is 73.2 Å². The number of carbonyl (C=O) groups is 2. The van der Waals surface area contributed by atoms with Gasteiger partial charge in [-0.3, -0.25) is 4.79 Å². The number of hydrogen-bond donors (Lipinski definition) is 1. The number of carbonyl (C=O) groups excluding carboxylic acids is 2. The summed E-state index contributed by atoms with van der Waals surface area (Å²) in [5, 5.41) is 0. The zero-order valence-corrected chi connectivity index (χ0v) is 18.8. The second-order valence-corrected chi connectivity index (χ2v) is 10.5. The van der Waals surface area contributed by atoms with Crippen LogP contribution in [0.5, 0.6) is 0 Å². The molecule has 5 rings (SSSR count). The summed E-state index contributed by atoms with van der Waals surface area (Å²) in [7, 11) is 1.68. The zero-order chi connectivity index (χ0) is 22.1. The Bertz CT molecular complexity index is 794. The van der Waals surface area contributed by atoms with Gasteiger partial charge in [-0.25, -0.2) is 4.79 Å². The van der Waals surface area contributed by atoms with Crippen molar-refractivity contribution < 1.29 is 28.5 Å². The van der Waals surface area contributed by atoms with Crippen LogP contribution < -0.4 is 5.73 Å². The molecule has 0 aromatic carbocycles. The van der Waals surface area contributed by atoms with E-state index in [4.69, 9.17) is 24.7 Å². The molecule has 8 heteroatoms. The quantitative estimate of drug-likeness (QED) is 0.505. The van der Waals surface area contributed by atoms with Crippen molar-refractivity contribution in [1.29, 1.82) is 0 Å². The van der Waals surface area contributed by atoms with Crippen molar-refractivity contribution in [3.05, 3.63) is 11.6 Å². The van der Waals surface area contributed by atoms with Gasteiger partial charge in [-0.15, -0.1) is 0 Å². The molecular formula is C23H34N2O6. The van der Waals surface area contributed by atoms with Gasteiger partial charge in [0.05, 0.1) is 18.6 Å². The van der Waals surface area contributed by atoms with E-state index in [0.717, 1.165) is 12.8 Å². The Morgan fingerprint density at radius 3 is 2.48 bits per heavy atom. The summed E-state index contributed by atoms with van der Waals surface area (Å²) in [4.78, 5) is 26.0. The highest BCUT2D eigenvalue weighted by molar-refractivity contribution is 5.81. The fraction of sp³-hybridized carbons (Fsp3) is 0.826. The van der Waals surface area contributed by atoms with Crippen molar-refractivity contribution >= 4 is 12.0 Å². The van der Waals surface area contributed by atoms with Gasteiger partial charge in [-0.05, 0) is 51.9 Å². The van der Waals surface area contributed by atoms with E-state index in [9.17, 15) is 9.59 Å². The Balaban J connectivity index is 1.25. The van der Waals surface area contributed by atoms with Gasteiger partial charge >= 0.3 is 6.09 Å². The summed E-state index contributed by atoms with van der Waals surface area (Å²) in [5.41, 5.74) is 6.11. The molecule has 2 amide bonds. The lowest BCUT2D eigenvalue weighted by Gasteiger charge is -2.43. The number of rotatable bonds is 6. The Labute approximate surface area is 183 Å². The number of likely N-dealkylation sites (tertiary alicyclic amines) is 1. The maximum absolute atomic E-state index is 12.9. The molecule has 0 aromatic rings. The van der Waals surface area contributed by atoms with Gasteiger partial charge in [0, 0.05) is 26.1 Å². The van der Waals surface area contributed by atoms with E-state index in [2.05, 4.69) is 26.8 Å². The number of methoxy groups -OCH3 is 1. The van der Waals surface area contributed by atoms with Crippen LogP contribution in [0.1, 0.15) is 40.0 Å². The number of nitrogens with zero attached hydrogens (tertiary/aromatic N) is 1. The number of epoxide rings is 2. The van der Waals surface area contributed by atoms with E-state index in [1.807, 2.05) is 0 Å². The van der Waals surface area contributed by atoms with E-state index in [-0.39, 0.29) is 65.2 Å². The Kier molecular flexibility index (Phi) is 4.92. The number of nitrogens with two attached hydrogens (primary N) is 1. The number of primary amides is 1. The SMILES string of the molecule is CO[C@@H]1[C@H](OC(=O)N2C[C@@H]3C(C(N)=O)[C@@H]3C2)CC[C@]2(CO2)[C@H]1[C@@]1(C)O[C@@H]1CC=C(C)C. The third-order valence-corrected chi connectivity index (χ3v) is 8.27. The molecule has 3 saturated heterocycles. The smallest absolute Gasteiger partial charge is 0.410 e. The average molecular weight is 435 g/mol. The number of amides is 2. The number of piperidine rings is 1. The fourth-order valence-electron chi connectivity index (χ4n) is 6.37. The predicted molar refractivity (Wildman–Crippen MR) is 111 cm³/mol. The molecule has 2 N–H and O–H groups in total. The van der Waals surface area contributed by atoms with Crippen molar-refractivity contribution in [3.63, 3.8) is 0 Å². The minimum atomic E-state index is -0.349. The van der Waals surface area contributed by atoms with E-state index in [0.29, 0.717) is 26.1 Å². The normalized spacial score (nSPS) is 47.0. The lowest BCUT2D eigenvalue weighted by Crippen LogP contribution is -2.56. The molecule has 0 bridgehead atoms. The lowest BCUT2D eigenvalue weighted by molar-refractivity contribution is -0.122. The first-order valence-corrected chi connectivity index (χ1v) is 11.4. The van der Waals surface area contributed by atoms with Gasteiger partial charge < -0.3 is 29.6 Å². The topological polar surface area (TPSA) is 107 Å². The molecule has 0 radical (unpaired) electrons. The lowest BCUT2D eigenvalue weighted by atomic mass is 9.68. The van der Waals surface area contributed by atoms with Crippen LogP contribution >= 0.6 is 0 Å². The van der Waals surface area contributed by atoms with Crippen molar-refractivity contribution in [2.24, 2.45) is 29.4 Å². The monoisotopic (exact) mass is 434 g/mol. The van der Waals surface area contributed by atoms with Crippen LogP contribution in [0.4, 0.5) is 4.79 Å². The largest absolute Gasteiger partial charge is 0.443 e. The van der Waals surface area contributed by atoms with Crippen LogP contribution in [0.25, 0.3) is 0 Å². The number of fused-ring (bicyclic) bond motifs is 1. The molecule has 3 heterocycles. The Hall–Kier alpha value is -1.64. The first-order valence-electron chi connectivity index (χ1n) is 11.4.